The lowest BCUT2D eigenvalue weighted by atomic mass is 9.44. The fourth-order valence-corrected chi connectivity index (χ4v) is 10.7. The minimum absolute atomic E-state index is 0.0119. The number of carbonyl (C=O) groups excluding carboxylic acids is 2. The summed E-state index contributed by atoms with van der Waals surface area (Å²) in [6.45, 7) is 6.41. The van der Waals surface area contributed by atoms with Gasteiger partial charge in [-0.1, -0.05) is 61.6 Å². The predicted molar refractivity (Wildman–Crippen MR) is 126 cm³/mol. The van der Waals surface area contributed by atoms with Gasteiger partial charge in [0.15, 0.2) is 0 Å². The van der Waals surface area contributed by atoms with E-state index in [4.69, 9.17) is 4.74 Å². The second-order valence-corrected chi connectivity index (χ2v) is 13.7. The highest BCUT2D eigenvalue weighted by atomic mass is 79.9. The molecule has 3 unspecified atom stereocenters. The van der Waals surface area contributed by atoms with E-state index in [1.54, 1.807) is 0 Å². The monoisotopic (exact) mass is 594 g/mol. The maximum absolute atomic E-state index is 12.7. The number of ether oxygens (including phenoxy) is 1. The van der Waals surface area contributed by atoms with Crippen molar-refractivity contribution in [2.45, 2.75) is 87.4 Å². The molecule has 0 aromatic carbocycles. The van der Waals surface area contributed by atoms with Gasteiger partial charge in [0.25, 0.3) is 0 Å². The van der Waals surface area contributed by atoms with Crippen LogP contribution in [0.2, 0.25) is 0 Å². The molecule has 0 heterocycles. The van der Waals surface area contributed by atoms with Crippen molar-refractivity contribution < 1.29 is 14.3 Å². The topological polar surface area (TPSA) is 43.4 Å². The van der Waals surface area contributed by atoms with Crippen LogP contribution in [0.1, 0.15) is 72.1 Å². The molecule has 29 heavy (non-hydrogen) atoms. The fraction of sp³-hybridized carbons (Fsp3) is 0.913. The van der Waals surface area contributed by atoms with Gasteiger partial charge in [0.2, 0.25) is 0 Å². The number of ketones is 1. The summed E-state index contributed by atoms with van der Waals surface area (Å²) in [5.74, 6) is 2.45. The van der Waals surface area contributed by atoms with Crippen molar-refractivity contribution in [1.82, 2.24) is 0 Å². The number of hydrogen-bond acceptors (Lipinski definition) is 3. The van der Waals surface area contributed by atoms with Gasteiger partial charge in [-0.25, -0.2) is 0 Å². The Bertz CT molecular complexity index is 699. The van der Waals surface area contributed by atoms with Crippen molar-refractivity contribution in [3.63, 3.8) is 0 Å². The van der Waals surface area contributed by atoms with Crippen LogP contribution in [0.3, 0.4) is 0 Å². The lowest BCUT2D eigenvalue weighted by Crippen LogP contribution is -2.64. The van der Waals surface area contributed by atoms with Gasteiger partial charge in [-0.3, -0.25) is 9.59 Å². The molecule has 0 radical (unpaired) electrons. The molecule has 4 saturated carbocycles. The quantitative estimate of drug-likeness (QED) is 0.278. The van der Waals surface area contributed by atoms with Crippen LogP contribution in [-0.2, 0) is 14.3 Å². The Morgan fingerprint density at radius 1 is 1.07 bits per heavy atom. The highest BCUT2D eigenvalue weighted by Gasteiger charge is 2.67. The highest BCUT2D eigenvalue weighted by Crippen LogP contribution is 2.71. The molecule has 0 aliphatic heterocycles. The Morgan fingerprint density at radius 2 is 1.79 bits per heavy atom. The van der Waals surface area contributed by atoms with Gasteiger partial charge in [0.1, 0.15) is 11.9 Å². The largest absolute Gasteiger partial charge is 0.463 e. The van der Waals surface area contributed by atoms with Gasteiger partial charge in [-0.15, -0.1) is 0 Å². The first-order valence-corrected chi connectivity index (χ1v) is 14.0. The standard InChI is InChI=1S/C23H33Br3O3/c1-13(27)29-14-6-9-22(3)17-7-8-21(2)16(4-5-18(21)19(28)12-24)15(17)10-20(25)23(22,26)11-14/h14-18,20H,4-12H2,1-3H3/t14?,15-,16-,17-,18+,20?,21-,22+,23?/m0/s1. The van der Waals surface area contributed by atoms with E-state index < -0.39 is 0 Å². The molecule has 0 spiro atoms. The van der Waals surface area contributed by atoms with Crippen LogP contribution in [-0.4, -0.2) is 32.3 Å². The van der Waals surface area contributed by atoms with Crippen molar-refractivity contribution in [3.8, 4) is 0 Å². The van der Waals surface area contributed by atoms with Crippen molar-refractivity contribution in [2.24, 2.45) is 34.5 Å². The average Bonchev–Trinajstić information content (AvgIpc) is 3.00. The molecule has 4 aliphatic rings. The minimum atomic E-state index is -0.170. The molecule has 0 N–H and O–H groups in total. The molecule has 0 saturated heterocycles. The van der Waals surface area contributed by atoms with Gasteiger partial charge < -0.3 is 4.74 Å². The average molecular weight is 597 g/mol. The van der Waals surface area contributed by atoms with Gasteiger partial charge in [-0.2, -0.15) is 0 Å². The zero-order valence-corrected chi connectivity index (χ0v) is 22.4. The van der Waals surface area contributed by atoms with E-state index in [1.807, 2.05) is 0 Å². The molecule has 3 nitrogen and oxygen atoms in total. The van der Waals surface area contributed by atoms with Gasteiger partial charge in [0.05, 0.1) is 5.33 Å². The van der Waals surface area contributed by atoms with Gasteiger partial charge >= 0.3 is 5.97 Å². The molecule has 0 aromatic heterocycles. The lowest BCUT2D eigenvalue weighted by molar-refractivity contribution is -0.155. The Balaban J connectivity index is 1.62. The first kappa shape index (κ1) is 22.8. The first-order chi connectivity index (χ1) is 13.6. The van der Waals surface area contributed by atoms with E-state index in [1.165, 1.54) is 26.2 Å². The zero-order valence-electron chi connectivity index (χ0n) is 17.7. The Morgan fingerprint density at radius 3 is 2.45 bits per heavy atom. The van der Waals surface area contributed by atoms with Crippen LogP contribution < -0.4 is 0 Å². The molecule has 0 aromatic rings. The van der Waals surface area contributed by atoms with Crippen LogP contribution in [0.25, 0.3) is 0 Å². The van der Waals surface area contributed by atoms with E-state index in [0.29, 0.717) is 33.7 Å². The SMILES string of the molecule is CC(=O)OC1CC[C@]2(C)[C@H]3CC[C@]4(C)[C@@H](C(=O)CBr)CC[C@H]4[C@@H]3CC(Br)C2(Br)C1. The van der Waals surface area contributed by atoms with Crippen LogP contribution in [0.5, 0.6) is 0 Å². The van der Waals surface area contributed by atoms with Crippen molar-refractivity contribution in [1.29, 1.82) is 0 Å². The fourth-order valence-electron chi connectivity index (χ4n) is 8.10. The summed E-state index contributed by atoms with van der Waals surface area (Å²) >= 11 is 11.7. The molecule has 4 rings (SSSR count). The molecular weight excluding hydrogens is 564 g/mol. The predicted octanol–water partition coefficient (Wildman–Crippen LogP) is 6.43. The number of hydrogen-bond donors (Lipinski definition) is 0. The number of rotatable bonds is 3. The van der Waals surface area contributed by atoms with Crippen LogP contribution in [0.15, 0.2) is 0 Å². The summed E-state index contributed by atoms with van der Waals surface area (Å²) in [6.07, 6.45) is 8.73. The van der Waals surface area contributed by atoms with Crippen molar-refractivity contribution >= 4 is 59.5 Å². The minimum Gasteiger partial charge on any atom is -0.463 e. The number of esters is 1. The summed E-state index contributed by atoms with van der Waals surface area (Å²) in [4.78, 5) is 24.6. The van der Waals surface area contributed by atoms with Crippen LogP contribution in [0.4, 0.5) is 0 Å². The van der Waals surface area contributed by atoms with Crippen molar-refractivity contribution in [2.75, 3.05) is 5.33 Å². The zero-order chi connectivity index (χ0) is 21.2. The molecule has 164 valence electrons. The molecule has 9 atom stereocenters. The molecule has 6 heteroatoms. The summed E-state index contributed by atoms with van der Waals surface area (Å²) in [7, 11) is 0. The second kappa shape index (κ2) is 7.86. The Kier molecular flexibility index (Phi) is 6.17. The number of fused-ring (bicyclic) bond motifs is 5. The first-order valence-electron chi connectivity index (χ1n) is 11.2. The normalized spacial score (nSPS) is 51.5. The van der Waals surface area contributed by atoms with E-state index >= 15 is 0 Å². The third-order valence-electron chi connectivity index (χ3n) is 9.54. The third kappa shape index (κ3) is 3.35. The molecule has 4 fully saturated rings. The van der Waals surface area contributed by atoms with E-state index in [2.05, 4.69) is 61.6 Å². The van der Waals surface area contributed by atoms with E-state index in [9.17, 15) is 9.59 Å². The second-order valence-electron chi connectivity index (χ2n) is 10.6. The maximum Gasteiger partial charge on any atom is 0.302 e. The smallest absolute Gasteiger partial charge is 0.302 e. The van der Waals surface area contributed by atoms with Gasteiger partial charge in [0, 0.05) is 28.4 Å². The number of halogens is 3. The lowest BCUT2D eigenvalue weighted by Gasteiger charge is -2.65. The molecule has 0 bridgehead atoms. The molecular formula is C23H33Br3O3. The van der Waals surface area contributed by atoms with Gasteiger partial charge in [-0.05, 0) is 73.5 Å². The molecule has 0 amide bonds. The highest BCUT2D eigenvalue weighted by molar-refractivity contribution is 9.12. The number of Topliss-reactive ketones (excluding diaryl/α,β-unsaturated/α-hetero) is 1. The summed E-state index contributed by atoms with van der Waals surface area (Å²) in [5, 5.41) is 0.495. The molecule has 4 aliphatic carbocycles. The van der Waals surface area contributed by atoms with E-state index in [0.717, 1.165) is 32.1 Å². The Labute approximate surface area is 200 Å². The van der Waals surface area contributed by atoms with Crippen molar-refractivity contribution in [3.05, 3.63) is 0 Å². The summed E-state index contributed by atoms with van der Waals surface area (Å²) in [5.41, 5.74) is 0.343. The summed E-state index contributed by atoms with van der Waals surface area (Å²) < 4.78 is 5.60. The maximum atomic E-state index is 12.7. The summed E-state index contributed by atoms with van der Waals surface area (Å²) in [6, 6.07) is 0. The van der Waals surface area contributed by atoms with Crippen LogP contribution >= 0.6 is 47.8 Å². The number of alkyl halides is 3. The van der Waals surface area contributed by atoms with Crippen LogP contribution in [0, 0.1) is 34.5 Å². The third-order valence-corrected chi connectivity index (χ3v) is 13.6. The van der Waals surface area contributed by atoms with E-state index in [-0.39, 0.29) is 33.1 Å². The Hall–Kier alpha value is 0.580. The number of carbonyl (C=O) groups is 2.